The Bertz CT molecular complexity index is 584. The third-order valence-electron chi connectivity index (χ3n) is 2.73. The summed E-state index contributed by atoms with van der Waals surface area (Å²) >= 11 is 3.42. The first-order chi connectivity index (χ1) is 9.20. The average molecular weight is 320 g/mol. The molecule has 0 heterocycles. The van der Waals surface area contributed by atoms with Crippen molar-refractivity contribution < 1.29 is 9.53 Å². The summed E-state index contributed by atoms with van der Waals surface area (Å²) in [7, 11) is 1.39. The third-order valence-corrected chi connectivity index (χ3v) is 3.22. The Kier molecular flexibility index (Phi) is 4.58. The maximum absolute atomic E-state index is 11.6. The minimum absolute atomic E-state index is 0.313. The molecule has 0 bridgehead atoms. The first kappa shape index (κ1) is 13.6. The Morgan fingerprint density at radius 3 is 2.74 bits per heavy atom. The Balaban J connectivity index is 2.13. The number of ether oxygens (including phenoxy) is 1. The third kappa shape index (κ3) is 3.58. The van der Waals surface area contributed by atoms with Crippen LogP contribution in [0.4, 0.5) is 5.69 Å². The molecule has 2 rings (SSSR count). The van der Waals surface area contributed by atoms with Crippen LogP contribution in [0.25, 0.3) is 0 Å². The predicted molar refractivity (Wildman–Crippen MR) is 79.3 cm³/mol. The van der Waals surface area contributed by atoms with E-state index >= 15 is 0 Å². The van der Waals surface area contributed by atoms with E-state index in [9.17, 15) is 4.79 Å². The van der Waals surface area contributed by atoms with Gasteiger partial charge in [0.1, 0.15) is 0 Å². The quantitative estimate of drug-likeness (QED) is 0.870. The number of hydrogen-bond acceptors (Lipinski definition) is 3. The molecule has 0 amide bonds. The summed E-state index contributed by atoms with van der Waals surface area (Å²) in [5, 5.41) is 3.28. The first-order valence-electron chi connectivity index (χ1n) is 5.86. The summed E-state index contributed by atoms with van der Waals surface area (Å²) in [6, 6.07) is 15.3. The highest BCUT2D eigenvalue weighted by atomic mass is 79.9. The lowest BCUT2D eigenvalue weighted by Crippen LogP contribution is -2.09. The lowest BCUT2D eigenvalue weighted by molar-refractivity contribution is 0.0599. The molecule has 0 fully saturated rings. The van der Waals surface area contributed by atoms with E-state index in [4.69, 9.17) is 4.74 Å². The molecule has 2 aromatic carbocycles. The van der Waals surface area contributed by atoms with Crippen LogP contribution in [0.1, 0.15) is 15.9 Å². The van der Waals surface area contributed by atoms with E-state index in [1.54, 1.807) is 6.07 Å². The molecule has 0 aliphatic rings. The Hall–Kier alpha value is -1.81. The van der Waals surface area contributed by atoms with Gasteiger partial charge >= 0.3 is 5.97 Å². The summed E-state index contributed by atoms with van der Waals surface area (Å²) in [5.74, 6) is -0.313. The van der Waals surface area contributed by atoms with Crippen LogP contribution in [-0.2, 0) is 11.3 Å². The van der Waals surface area contributed by atoms with E-state index in [2.05, 4.69) is 21.2 Å². The predicted octanol–water partition coefficient (Wildman–Crippen LogP) is 3.85. The molecular formula is C15H14BrNO2. The number of benzene rings is 2. The Morgan fingerprint density at radius 2 is 2.00 bits per heavy atom. The molecule has 98 valence electrons. The van der Waals surface area contributed by atoms with Crippen molar-refractivity contribution in [2.45, 2.75) is 6.54 Å². The number of hydrogen-bond donors (Lipinski definition) is 1. The van der Waals surface area contributed by atoms with Gasteiger partial charge in [0.15, 0.2) is 0 Å². The van der Waals surface area contributed by atoms with Gasteiger partial charge < -0.3 is 10.1 Å². The number of rotatable bonds is 4. The van der Waals surface area contributed by atoms with Gasteiger partial charge in [0.05, 0.1) is 12.7 Å². The summed E-state index contributed by atoms with van der Waals surface area (Å²) < 4.78 is 5.79. The molecule has 0 saturated heterocycles. The summed E-state index contributed by atoms with van der Waals surface area (Å²) in [4.78, 5) is 11.6. The number of halogens is 1. The second-order valence-corrected chi connectivity index (χ2v) is 4.93. The zero-order valence-electron chi connectivity index (χ0n) is 10.5. The lowest BCUT2D eigenvalue weighted by atomic mass is 10.1. The van der Waals surface area contributed by atoms with Crippen LogP contribution in [0.15, 0.2) is 53.0 Å². The highest BCUT2D eigenvalue weighted by Gasteiger charge is 2.10. The molecule has 0 saturated carbocycles. The molecule has 0 radical (unpaired) electrons. The number of methoxy groups -OCH3 is 1. The van der Waals surface area contributed by atoms with Gasteiger partial charge in [0.25, 0.3) is 0 Å². The molecular weight excluding hydrogens is 306 g/mol. The number of carbonyl (C=O) groups excluding carboxylic acids is 1. The van der Waals surface area contributed by atoms with Gasteiger partial charge in [-0.3, -0.25) is 0 Å². The van der Waals surface area contributed by atoms with E-state index in [0.717, 1.165) is 15.7 Å². The van der Waals surface area contributed by atoms with Crippen LogP contribution in [0.3, 0.4) is 0 Å². The van der Waals surface area contributed by atoms with Crippen molar-refractivity contribution in [1.82, 2.24) is 0 Å². The smallest absolute Gasteiger partial charge is 0.338 e. The zero-order valence-corrected chi connectivity index (χ0v) is 12.1. The Morgan fingerprint density at radius 1 is 1.21 bits per heavy atom. The molecule has 4 heteroatoms. The molecule has 19 heavy (non-hydrogen) atoms. The van der Waals surface area contributed by atoms with Gasteiger partial charge in [-0.1, -0.05) is 40.2 Å². The van der Waals surface area contributed by atoms with Crippen LogP contribution in [0.2, 0.25) is 0 Å². The van der Waals surface area contributed by atoms with Gasteiger partial charge in [-0.05, 0) is 29.8 Å². The van der Waals surface area contributed by atoms with Crippen LogP contribution >= 0.6 is 15.9 Å². The molecule has 1 N–H and O–H groups in total. The fourth-order valence-corrected chi connectivity index (χ4v) is 2.18. The van der Waals surface area contributed by atoms with Gasteiger partial charge in [0, 0.05) is 16.7 Å². The van der Waals surface area contributed by atoms with Crippen molar-refractivity contribution in [2.75, 3.05) is 12.4 Å². The first-order valence-corrected chi connectivity index (χ1v) is 6.65. The second-order valence-electron chi connectivity index (χ2n) is 4.01. The molecule has 0 aliphatic carbocycles. The molecule has 2 aromatic rings. The minimum atomic E-state index is -0.313. The van der Waals surface area contributed by atoms with Crippen LogP contribution in [0, 0.1) is 0 Å². The van der Waals surface area contributed by atoms with Crippen molar-refractivity contribution in [3.05, 3.63) is 64.1 Å². The van der Waals surface area contributed by atoms with E-state index in [1.165, 1.54) is 7.11 Å². The van der Waals surface area contributed by atoms with Crippen LogP contribution in [-0.4, -0.2) is 13.1 Å². The van der Waals surface area contributed by atoms with E-state index in [1.807, 2.05) is 42.5 Å². The molecule has 0 spiro atoms. The van der Waals surface area contributed by atoms with Gasteiger partial charge in [-0.25, -0.2) is 4.79 Å². The van der Waals surface area contributed by atoms with Crippen LogP contribution in [0.5, 0.6) is 0 Å². The van der Waals surface area contributed by atoms with E-state index in [0.29, 0.717) is 12.1 Å². The minimum Gasteiger partial charge on any atom is -0.465 e. The average Bonchev–Trinajstić information content (AvgIpc) is 2.45. The highest BCUT2D eigenvalue weighted by molar-refractivity contribution is 9.10. The van der Waals surface area contributed by atoms with Gasteiger partial charge in [-0.15, -0.1) is 0 Å². The maximum atomic E-state index is 11.6. The van der Waals surface area contributed by atoms with Crippen molar-refractivity contribution in [3.8, 4) is 0 Å². The standard InChI is InChI=1S/C15H14BrNO2/c1-19-15(18)14-8-3-2-5-11(14)10-17-13-7-4-6-12(16)9-13/h2-9,17H,10H2,1H3. The van der Waals surface area contributed by atoms with Crippen molar-refractivity contribution >= 4 is 27.6 Å². The number of carbonyl (C=O) groups is 1. The maximum Gasteiger partial charge on any atom is 0.338 e. The molecule has 0 atom stereocenters. The van der Waals surface area contributed by atoms with E-state index < -0.39 is 0 Å². The van der Waals surface area contributed by atoms with Gasteiger partial charge in [0.2, 0.25) is 0 Å². The Labute approximate surface area is 120 Å². The summed E-state index contributed by atoms with van der Waals surface area (Å²) in [6.45, 7) is 0.571. The van der Waals surface area contributed by atoms with Gasteiger partial charge in [-0.2, -0.15) is 0 Å². The fraction of sp³-hybridized carbons (Fsp3) is 0.133. The van der Waals surface area contributed by atoms with Crippen molar-refractivity contribution in [3.63, 3.8) is 0 Å². The molecule has 0 unspecified atom stereocenters. The monoisotopic (exact) mass is 319 g/mol. The fourth-order valence-electron chi connectivity index (χ4n) is 1.78. The summed E-state index contributed by atoms with van der Waals surface area (Å²) in [5.41, 5.74) is 2.50. The number of nitrogens with one attached hydrogen (secondary N) is 1. The normalized spacial score (nSPS) is 10.0. The lowest BCUT2D eigenvalue weighted by Gasteiger charge is -2.10. The highest BCUT2D eigenvalue weighted by Crippen LogP contribution is 2.17. The van der Waals surface area contributed by atoms with Crippen LogP contribution < -0.4 is 5.32 Å². The zero-order chi connectivity index (χ0) is 13.7. The second kappa shape index (κ2) is 6.38. The van der Waals surface area contributed by atoms with E-state index in [-0.39, 0.29) is 5.97 Å². The van der Waals surface area contributed by atoms with Crippen molar-refractivity contribution in [1.29, 1.82) is 0 Å². The topological polar surface area (TPSA) is 38.3 Å². The SMILES string of the molecule is COC(=O)c1ccccc1CNc1cccc(Br)c1. The van der Waals surface area contributed by atoms with Crippen molar-refractivity contribution in [2.24, 2.45) is 0 Å². The number of esters is 1. The summed E-state index contributed by atoms with van der Waals surface area (Å²) in [6.07, 6.45) is 0. The molecule has 0 aliphatic heterocycles. The largest absolute Gasteiger partial charge is 0.465 e. The molecule has 0 aromatic heterocycles. The molecule has 3 nitrogen and oxygen atoms in total. The number of anilines is 1.